The molecule has 26 heavy (non-hydrogen) atoms. The van der Waals surface area contributed by atoms with E-state index in [0.29, 0.717) is 18.5 Å². The highest BCUT2D eigenvalue weighted by atomic mass is 35.5. The van der Waals surface area contributed by atoms with E-state index >= 15 is 0 Å². The molecule has 1 aliphatic carbocycles. The highest BCUT2D eigenvalue weighted by Gasteiger charge is 2.27. The van der Waals surface area contributed by atoms with Gasteiger partial charge < -0.3 is 5.32 Å². The minimum absolute atomic E-state index is 0.0237. The van der Waals surface area contributed by atoms with Gasteiger partial charge in [0.15, 0.2) is 0 Å². The Balaban J connectivity index is 1.93. The van der Waals surface area contributed by atoms with Crippen molar-refractivity contribution in [1.29, 1.82) is 0 Å². The van der Waals surface area contributed by atoms with Crippen LogP contribution in [0.4, 0.5) is 14.5 Å². The lowest BCUT2D eigenvalue weighted by Crippen LogP contribution is -2.18. The number of benzene rings is 1. The number of alkyl halides is 2. The fourth-order valence-electron chi connectivity index (χ4n) is 3.36. The maximum Gasteiger partial charge on any atom is 0.282 e. The molecule has 1 N–H and O–H groups in total. The van der Waals surface area contributed by atoms with Crippen LogP contribution in [0.3, 0.4) is 0 Å². The van der Waals surface area contributed by atoms with Crippen molar-refractivity contribution in [1.82, 2.24) is 9.78 Å². The van der Waals surface area contributed by atoms with Crippen molar-refractivity contribution in [3.63, 3.8) is 0 Å². The topological polar surface area (TPSA) is 46.9 Å². The summed E-state index contributed by atoms with van der Waals surface area (Å²) in [6.45, 7) is 2.00. The van der Waals surface area contributed by atoms with E-state index in [1.54, 1.807) is 6.07 Å². The Hall–Kier alpha value is -1.92. The maximum absolute atomic E-state index is 13.1. The molecular formula is C18H17Cl2F2N3O. The zero-order valence-corrected chi connectivity index (χ0v) is 15.7. The van der Waals surface area contributed by atoms with Crippen molar-refractivity contribution in [2.75, 3.05) is 5.32 Å². The van der Waals surface area contributed by atoms with Crippen LogP contribution in [-0.2, 0) is 13.5 Å². The molecule has 1 heterocycles. The number of nitrogens with one attached hydrogen (secondary N) is 1. The number of rotatable bonds is 3. The van der Waals surface area contributed by atoms with E-state index in [4.69, 9.17) is 23.2 Å². The fourth-order valence-corrected chi connectivity index (χ4v) is 3.88. The monoisotopic (exact) mass is 399 g/mol. The molecule has 138 valence electrons. The minimum Gasteiger partial charge on any atom is -0.322 e. The zero-order valence-electron chi connectivity index (χ0n) is 14.2. The molecule has 1 amide bonds. The highest BCUT2D eigenvalue weighted by molar-refractivity contribution is 6.56. The SMILES string of the molecule is CC1C(=C(Cl)Cl)CCc2c(NC(=O)c3cn(C)nc3C(F)F)cccc21. The van der Waals surface area contributed by atoms with Crippen LogP contribution in [0.25, 0.3) is 0 Å². The van der Waals surface area contributed by atoms with Gasteiger partial charge in [0.25, 0.3) is 12.3 Å². The van der Waals surface area contributed by atoms with Crippen LogP contribution >= 0.6 is 23.2 Å². The molecule has 0 fully saturated rings. The molecular weight excluding hydrogens is 383 g/mol. The summed E-state index contributed by atoms with van der Waals surface area (Å²) in [4.78, 5) is 12.5. The second-order valence-corrected chi connectivity index (χ2v) is 7.19. The number of hydrogen-bond acceptors (Lipinski definition) is 2. The third kappa shape index (κ3) is 3.48. The summed E-state index contributed by atoms with van der Waals surface area (Å²) in [7, 11) is 1.50. The molecule has 1 unspecified atom stereocenters. The summed E-state index contributed by atoms with van der Waals surface area (Å²) < 4.78 is 27.7. The van der Waals surface area contributed by atoms with E-state index in [1.165, 1.54) is 17.9 Å². The Bertz CT molecular complexity index is 889. The predicted octanol–water partition coefficient (Wildman–Crippen LogP) is 5.35. The molecule has 0 saturated heterocycles. The normalized spacial score (nSPS) is 16.6. The van der Waals surface area contributed by atoms with Gasteiger partial charge in [0.05, 0.1) is 5.56 Å². The number of aromatic nitrogens is 2. The van der Waals surface area contributed by atoms with Gasteiger partial charge in [-0.1, -0.05) is 42.3 Å². The maximum atomic E-state index is 13.1. The average molecular weight is 400 g/mol. The molecule has 0 aliphatic heterocycles. The van der Waals surface area contributed by atoms with Crippen molar-refractivity contribution < 1.29 is 13.6 Å². The zero-order chi connectivity index (χ0) is 19.0. The molecule has 2 aromatic rings. The van der Waals surface area contributed by atoms with Gasteiger partial charge >= 0.3 is 0 Å². The first-order valence-electron chi connectivity index (χ1n) is 8.08. The lowest BCUT2D eigenvalue weighted by atomic mass is 9.80. The van der Waals surface area contributed by atoms with E-state index in [0.717, 1.165) is 16.7 Å². The number of aryl methyl sites for hydroxylation is 1. The third-order valence-electron chi connectivity index (χ3n) is 4.65. The van der Waals surface area contributed by atoms with Crippen molar-refractivity contribution in [2.24, 2.45) is 7.05 Å². The standard InChI is InChI=1S/C18H17Cl2F2N3O/c1-9-10-4-3-5-14(12(10)7-6-11(9)16(19)20)23-18(26)13-8-25(2)24-15(13)17(21)22/h3-5,8-9,17H,6-7H2,1-2H3,(H,23,26). The van der Waals surface area contributed by atoms with Crippen molar-refractivity contribution in [3.8, 4) is 0 Å². The molecule has 0 bridgehead atoms. The van der Waals surface area contributed by atoms with Gasteiger partial charge in [0.2, 0.25) is 0 Å². The average Bonchev–Trinajstić information content (AvgIpc) is 2.98. The van der Waals surface area contributed by atoms with Gasteiger partial charge in [0, 0.05) is 24.8 Å². The summed E-state index contributed by atoms with van der Waals surface area (Å²) >= 11 is 11.9. The smallest absolute Gasteiger partial charge is 0.282 e. The van der Waals surface area contributed by atoms with E-state index in [-0.39, 0.29) is 16.0 Å². The van der Waals surface area contributed by atoms with Crippen molar-refractivity contribution >= 4 is 34.8 Å². The number of carbonyl (C=O) groups is 1. The second-order valence-electron chi connectivity index (χ2n) is 6.24. The molecule has 3 rings (SSSR count). The van der Waals surface area contributed by atoms with Crippen LogP contribution in [0.2, 0.25) is 0 Å². The van der Waals surface area contributed by atoms with E-state index < -0.39 is 18.0 Å². The number of allylic oxidation sites excluding steroid dienone is 1. The number of fused-ring (bicyclic) bond motifs is 1. The Labute approximate surface area is 159 Å². The number of carbonyl (C=O) groups excluding carboxylic acids is 1. The summed E-state index contributed by atoms with van der Waals surface area (Å²) in [5.74, 6) is -0.582. The minimum atomic E-state index is -2.82. The summed E-state index contributed by atoms with van der Waals surface area (Å²) in [6.07, 6.45) is -0.190. The number of amides is 1. The Morgan fingerprint density at radius 2 is 2.08 bits per heavy atom. The van der Waals surface area contributed by atoms with Crippen LogP contribution in [0.15, 0.2) is 34.5 Å². The number of anilines is 1. The van der Waals surface area contributed by atoms with Crippen LogP contribution in [-0.4, -0.2) is 15.7 Å². The Morgan fingerprint density at radius 3 is 2.73 bits per heavy atom. The molecule has 1 atom stereocenters. The molecule has 1 aromatic heterocycles. The van der Waals surface area contributed by atoms with Gasteiger partial charge in [-0.3, -0.25) is 9.48 Å². The fraction of sp³-hybridized carbons (Fsp3) is 0.333. The van der Waals surface area contributed by atoms with E-state index in [9.17, 15) is 13.6 Å². The summed E-state index contributed by atoms with van der Waals surface area (Å²) in [5.41, 5.74) is 2.89. The lowest BCUT2D eigenvalue weighted by molar-refractivity contribution is 0.101. The molecule has 0 spiro atoms. The quantitative estimate of drug-likeness (QED) is 0.755. The van der Waals surface area contributed by atoms with Crippen molar-refractivity contribution in [3.05, 3.63) is 56.8 Å². The first-order valence-corrected chi connectivity index (χ1v) is 8.84. The second kappa shape index (κ2) is 7.37. The van der Waals surface area contributed by atoms with Gasteiger partial charge in [-0.15, -0.1) is 0 Å². The number of halogens is 4. The summed E-state index contributed by atoms with van der Waals surface area (Å²) in [5, 5.41) is 6.42. The first-order chi connectivity index (χ1) is 12.3. The predicted molar refractivity (Wildman–Crippen MR) is 98.0 cm³/mol. The van der Waals surface area contributed by atoms with Crippen LogP contribution < -0.4 is 5.32 Å². The molecule has 1 aliphatic rings. The first kappa shape index (κ1) is 18.9. The van der Waals surface area contributed by atoms with E-state index in [2.05, 4.69) is 10.4 Å². The third-order valence-corrected chi connectivity index (χ3v) is 5.13. The van der Waals surface area contributed by atoms with Gasteiger partial charge in [-0.25, -0.2) is 8.78 Å². The van der Waals surface area contributed by atoms with Gasteiger partial charge in [-0.05, 0) is 35.6 Å². The van der Waals surface area contributed by atoms with Crippen LogP contribution in [0.5, 0.6) is 0 Å². The lowest BCUT2D eigenvalue weighted by Gasteiger charge is -2.27. The van der Waals surface area contributed by atoms with Crippen molar-refractivity contribution in [2.45, 2.75) is 32.1 Å². The number of nitrogens with zero attached hydrogens (tertiary/aromatic N) is 2. The Kier molecular flexibility index (Phi) is 5.34. The van der Waals surface area contributed by atoms with Crippen LogP contribution in [0.1, 0.15) is 52.9 Å². The van der Waals surface area contributed by atoms with Gasteiger partial charge in [0.1, 0.15) is 10.2 Å². The molecule has 1 aromatic carbocycles. The number of hydrogen-bond donors (Lipinski definition) is 1. The Morgan fingerprint density at radius 1 is 1.35 bits per heavy atom. The molecule has 8 heteroatoms. The summed E-state index contributed by atoms with van der Waals surface area (Å²) in [6, 6.07) is 5.53. The molecule has 4 nitrogen and oxygen atoms in total. The van der Waals surface area contributed by atoms with E-state index in [1.807, 2.05) is 19.1 Å². The van der Waals surface area contributed by atoms with Crippen LogP contribution in [0, 0.1) is 0 Å². The largest absolute Gasteiger partial charge is 0.322 e. The molecule has 0 radical (unpaired) electrons. The highest BCUT2D eigenvalue weighted by Crippen LogP contribution is 2.41. The molecule has 0 saturated carbocycles. The van der Waals surface area contributed by atoms with Gasteiger partial charge in [-0.2, -0.15) is 5.10 Å².